The summed E-state index contributed by atoms with van der Waals surface area (Å²) in [5, 5.41) is 5.53. The highest BCUT2D eigenvalue weighted by molar-refractivity contribution is 6.05. The zero-order valence-electron chi connectivity index (χ0n) is 21.9. The van der Waals surface area contributed by atoms with Gasteiger partial charge in [0.1, 0.15) is 6.04 Å². The van der Waals surface area contributed by atoms with Crippen LogP contribution in [0.15, 0.2) is 42.1 Å². The number of hydrogen-bond acceptors (Lipinski definition) is 6. The zero-order chi connectivity index (χ0) is 27.3. The molecule has 10 nitrogen and oxygen atoms in total. The van der Waals surface area contributed by atoms with Crippen molar-refractivity contribution in [2.45, 2.75) is 66.6 Å². The average molecular weight is 511 g/mol. The SMILES string of the molecule is C/C=C\C(=C/C)NC(=O)NCc1ccc2c(c1)CN(C1CCC(=O)N(COC(=O)C(C)(C)C)C1=O)C2=O. The maximum absolute atomic E-state index is 13.1. The standard InChI is InChI=1S/C27H34N4O6/c1-6-8-19(7-2)29-26(36)28-14-17-9-10-20-18(13-17)15-30(23(20)33)21-11-12-22(32)31(24(21)34)16-37-25(35)27(3,4)5/h6-10,13,21H,11-12,14-16H2,1-5H3,(H2,28,29,36)/b8-6-,19-7+. The minimum atomic E-state index is -0.829. The van der Waals surface area contributed by atoms with E-state index in [4.69, 9.17) is 4.74 Å². The van der Waals surface area contributed by atoms with Gasteiger partial charge in [-0.15, -0.1) is 0 Å². The Hall–Kier alpha value is -3.95. The topological polar surface area (TPSA) is 125 Å². The number of fused-ring (bicyclic) bond motifs is 1. The summed E-state index contributed by atoms with van der Waals surface area (Å²) in [5.74, 6) is -1.82. The molecule has 10 heteroatoms. The van der Waals surface area contributed by atoms with Gasteiger partial charge in [0.25, 0.3) is 11.8 Å². The smallest absolute Gasteiger partial charge is 0.319 e. The quantitative estimate of drug-likeness (QED) is 0.330. The molecule has 1 aromatic rings. The van der Waals surface area contributed by atoms with Crippen LogP contribution < -0.4 is 10.6 Å². The van der Waals surface area contributed by atoms with Crippen LogP contribution in [0.3, 0.4) is 0 Å². The van der Waals surface area contributed by atoms with Crippen LogP contribution in [-0.2, 0) is 32.2 Å². The van der Waals surface area contributed by atoms with Crippen molar-refractivity contribution >= 4 is 29.7 Å². The fourth-order valence-corrected chi connectivity index (χ4v) is 4.09. The van der Waals surface area contributed by atoms with Crippen molar-refractivity contribution in [3.8, 4) is 0 Å². The number of carbonyl (C=O) groups is 5. The van der Waals surface area contributed by atoms with Gasteiger partial charge in [-0.25, -0.2) is 9.69 Å². The number of imide groups is 1. The molecule has 1 aromatic carbocycles. The van der Waals surface area contributed by atoms with E-state index in [1.165, 1.54) is 4.90 Å². The number of amides is 5. The second-order valence-electron chi connectivity index (χ2n) is 10.0. The second kappa shape index (κ2) is 11.4. The third kappa shape index (κ3) is 6.44. The number of rotatable bonds is 7. The monoisotopic (exact) mass is 510 g/mol. The number of esters is 1. The number of nitrogens with zero attached hydrogens (tertiary/aromatic N) is 2. The molecule has 0 aliphatic carbocycles. The first-order valence-electron chi connectivity index (χ1n) is 12.2. The van der Waals surface area contributed by atoms with E-state index in [0.29, 0.717) is 11.3 Å². The maximum Gasteiger partial charge on any atom is 0.319 e. The molecule has 0 saturated carbocycles. The summed E-state index contributed by atoms with van der Waals surface area (Å²) < 4.78 is 5.19. The molecule has 1 unspecified atom stereocenters. The number of piperidine rings is 1. The van der Waals surface area contributed by atoms with Crippen LogP contribution in [0, 0.1) is 5.41 Å². The van der Waals surface area contributed by atoms with Crippen LogP contribution in [0.1, 0.15) is 68.9 Å². The largest absolute Gasteiger partial charge is 0.443 e. The van der Waals surface area contributed by atoms with Crippen molar-refractivity contribution < 1.29 is 28.7 Å². The van der Waals surface area contributed by atoms with Gasteiger partial charge >= 0.3 is 12.0 Å². The highest BCUT2D eigenvalue weighted by atomic mass is 16.5. The van der Waals surface area contributed by atoms with Crippen LogP contribution in [-0.4, -0.2) is 52.3 Å². The Labute approximate surface area is 216 Å². The molecule has 2 heterocycles. The fourth-order valence-electron chi connectivity index (χ4n) is 4.09. The Bertz CT molecular complexity index is 1160. The van der Waals surface area contributed by atoms with Gasteiger partial charge in [-0.05, 0) is 64.3 Å². The molecule has 2 N–H and O–H groups in total. The summed E-state index contributed by atoms with van der Waals surface area (Å²) in [6.07, 6.45) is 5.66. The van der Waals surface area contributed by atoms with Crippen molar-refractivity contribution in [1.29, 1.82) is 0 Å². The van der Waals surface area contributed by atoms with Gasteiger partial charge in [-0.3, -0.25) is 19.2 Å². The molecular weight excluding hydrogens is 476 g/mol. The van der Waals surface area contributed by atoms with Crippen molar-refractivity contribution in [3.05, 3.63) is 58.8 Å². The molecule has 0 bridgehead atoms. The van der Waals surface area contributed by atoms with E-state index in [1.54, 1.807) is 45.1 Å². The molecule has 2 aliphatic rings. The van der Waals surface area contributed by atoms with Gasteiger partial charge < -0.3 is 20.3 Å². The molecule has 5 amide bonds. The van der Waals surface area contributed by atoms with Crippen LogP contribution in [0.25, 0.3) is 0 Å². The highest BCUT2D eigenvalue weighted by Crippen LogP contribution is 2.30. The van der Waals surface area contributed by atoms with Crippen LogP contribution in [0.5, 0.6) is 0 Å². The lowest BCUT2D eigenvalue weighted by atomic mass is 9.97. The summed E-state index contributed by atoms with van der Waals surface area (Å²) in [6.45, 7) is 8.70. The molecule has 0 radical (unpaired) electrons. The Morgan fingerprint density at radius 2 is 1.89 bits per heavy atom. The maximum atomic E-state index is 13.1. The first-order chi connectivity index (χ1) is 17.5. The minimum absolute atomic E-state index is 0.0648. The minimum Gasteiger partial charge on any atom is -0.443 e. The number of ether oxygens (including phenoxy) is 1. The van der Waals surface area contributed by atoms with Gasteiger partial charge in [-0.2, -0.15) is 0 Å². The van der Waals surface area contributed by atoms with Gasteiger partial charge in [0.15, 0.2) is 6.73 Å². The van der Waals surface area contributed by atoms with Crippen molar-refractivity contribution in [1.82, 2.24) is 20.4 Å². The molecule has 1 saturated heterocycles. The average Bonchev–Trinajstić information content (AvgIpc) is 3.17. The van der Waals surface area contributed by atoms with Gasteiger partial charge in [0, 0.05) is 30.8 Å². The fraction of sp³-hybridized carbons (Fsp3) is 0.444. The third-order valence-electron chi connectivity index (χ3n) is 6.17. The van der Waals surface area contributed by atoms with Crippen molar-refractivity contribution in [2.75, 3.05) is 6.73 Å². The molecule has 37 heavy (non-hydrogen) atoms. The van der Waals surface area contributed by atoms with Crippen LogP contribution in [0.2, 0.25) is 0 Å². The van der Waals surface area contributed by atoms with Crippen molar-refractivity contribution in [3.63, 3.8) is 0 Å². The van der Waals surface area contributed by atoms with E-state index in [2.05, 4.69) is 10.6 Å². The molecular formula is C27H34N4O6. The molecule has 198 valence electrons. The number of likely N-dealkylation sites (tertiary alicyclic amines) is 1. The predicted molar refractivity (Wildman–Crippen MR) is 136 cm³/mol. The van der Waals surface area contributed by atoms with Crippen LogP contribution >= 0.6 is 0 Å². The lowest BCUT2D eigenvalue weighted by Crippen LogP contribution is -2.55. The van der Waals surface area contributed by atoms with Gasteiger partial charge in [0.2, 0.25) is 5.91 Å². The summed E-state index contributed by atoms with van der Waals surface area (Å²) in [4.78, 5) is 65.3. The number of nitrogens with one attached hydrogen (secondary N) is 2. The highest BCUT2D eigenvalue weighted by Gasteiger charge is 2.43. The van der Waals surface area contributed by atoms with E-state index < -0.39 is 36.0 Å². The number of carbonyl (C=O) groups excluding carboxylic acids is 5. The molecule has 1 fully saturated rings. The summed E-state index contributed by atoms with van der Waals surface area (Å²) in [7, 11) is 0. The Balaban J connectivity index is 1.65. The number of hydrogen-bond donors (Lipinski definition) is 2. The lowest BCUT2D eigenvalue weighted by Gasteiger charge is -2.35. The van der Waals surface area contributed by atoms with Gasteiger partial charge in [0.05, 0.1) is 5.41 Å². The zero-order valence-corrected chi connectivity index (χ0v) is 21.9. The lowest BCUT2D eigenvalue weighted by molar-refractivity contribution is -0.168. The van der Waals surface area contributed by atoms with E-state index in [0.717, 1.165) is 16.0 Å². The first kappa shape index (κ1) is 27.6. The van der Waals surface area contributed by atoms with Gasteiger partial charge in [-0.1, -0.05) is 24.3 Å². The van der Waals surface area contributed by atoms with E-state index >= 15 is 0 Å². The molecule has 3 rings (SSSR count). The Kier molecular flexibility index (Phi) is 8.52. The third-order valence-corrected chi connectivity index (χ3v) is 6.17. The second-order valence-corrected chi connectivity index (χ2v) is 10.0. The summed E-state index contributed by atoms with van der Waals surface area (Å²) >= 11 is 0. The summed E-state index contributed by atoms with van der Waals surface area (Å²) in [6, 6.07) is 4.09. The Morgan fingerprint density at radius 1 is 1.16 bits per heavy atom. The normalized spacial score (nSPS) is 18.4. The molecule has 0 spiro atoms. The Morgan fingerprint density at radius 3 is 2.54 bits per heavy atom. The predicted octanol–water partition coefficient (Wildman–Crippen LogP) is 2.99. The molecule has 0 aromatic heterocycles. The number of urea groups is 1. The molecule has 2 aliphatic heterocycles. The molecule has 1 atom stereocenters. The van der Waals surface area contributed by atoms with E-state index in [9.17, 15) is 24.0 Å². The van der Waals surface area contributed by atoms with Crippen LogP contribution in [0.4, 0.5) is 4.79 Å². The first-order valence-corrected chi connectivity index (χ1v) is 12.2. The van der Waals surface area contributed by atoms with E-state index in [-0.39, 0.29) is 37.9 Å². The van der Waals surface area contributed by atoms with E-state index in [1.807, 2.05) is 26.0 Å². The number of benzene rings is 1. The number of allylic oxidation sites excluding steroid dienone is 3. The van der Waals surface area contributed by atoms with Crippen molar-refractivity contribution in [2.24, 2.45) is 5.41 Å². The summed E-state index contributed by atoms with van der Waals surface area (Å²) in [5.41, 5.74) is 1.92.